The second kappa shape index (κ2) is 9.30. The Balaban J connectivity index is 1.41. The first-order valence-electron chi connectivity index (χ1n) is 13.5. The van der Waals surface area contributed by atoms with E-state index in [9.17, 15) is 14.4 Å². The summed E-state index contributed by atoms with van der Waals surface area (Å²) in [5, 5.41) is 2.55. The average Bonchev–Trinajstić information content (AvgIpc) is 3.10. The van der Waals surface area contributed by atoms with Gasteiger partial charge in [-0.05, 0) is 36.1 Å². The number of rotatable bonds is 6. The number of carbonyl (C=O) groups is 3. The molecule has 0 radical (unpaired) electrons. The molecule has 2 aromatic rings. The van der Waals surface area contributed by atoms with Gasteiger partial charge >= 0.3 is 0 Å². The van der Waals surface area contributed by atoms with E-state index in [-0.39, 0.29) is 42.4 Å². The fourth-order valence-corrected chi connectivity index (χ4v) is 4.12. The number of nitrogens with one attached hydrogen (secondary N) is 1. The maximum atomic E-state index is 13.4. The number of ether oxygens (including phenoxy) is 2. The first-order chi connectivity index (χ1) is 18.5. The molecule has 2 aromatic carbocycles. The fourth-order valence-electron chi connectivity index (χ4n) is 4.12. The minimum Gasteiger partial charge on any atom is -0.489 e. The molecular weight excluding hydrogens is 434 g/mol. The Morgan fingerprint density at radius 1 is 1.21 bits per heavy atom. The Hall–Kier alpha value is -3.65. The van der Waals surface area contributed by atoms with E-state index < -0.39 is 42.5 Å². The molecule has 0 aliphatic carbocycles. The summed E-state index contributed by atoms with van der Waals surface area (Å²) in [5.74, 6) is -1.87. The van der Waals surface area contributed by atoms with Crippen molar-refractivity contribution in [2.45, 2.75) is 38.5 Å². The Morgan fingerprint density at radius 3 is 2.76 bits per heavy atom. The third-order valence-corrected chi connectivity index (χ3v) is 6.00. The lowest BCUT2D eigenvalue weighted by atomic mass is 10.0. The summed E-state index contributed by atoms with van der Waals surface area (Å²) in [4.78, 5) is 40.5. The summed E-state index contributed by atoms with van der Waals surface area (Å²) < 4.78 is 53.6. The maximum absolute atomic E-state index is 13.4. The van der Waals surface area contributed by atoms with Gasteiger partial charge in [0, 0.05) is 29.9 Å². The van der Waals surface area contributed by atoms with E-state index in [1.54, 1.807) is 17.0 Å². The molecule has 176 valence electrons. The molecule has 3 amide bonds. The van der Waals surface area contributed by atoms with Crippen molar-refractivity contribution in [3.63, 3.8) is 0 Å². The molecule has 2 fully saturated rings. The molecule has 0 saturated carbocycles. The minimum absolute atomic E-state index is 0.0644. The van der Waals surface area contributed by atoms with Gasteiger partial charge in [-0.1, -0.05) is 36.9 Å². The van der Waals surface area contributed by atoms with Crippen molar-refractivity contribution in [3.8, 4) is 5.75 Å². The summed E-state index contributed by atoms with van der Waals surface area (Å²) in [5.41, 5.74) is 1.34. The van der Waals surface area contributed by atoms with E-state index >= 15 is 0 Å². The van der Waals surface area contributed by atoms with Crippen LogP contribution in [0.5, 0.6) is 5.75 Å². The van der Waals surface area contributed by atoms with Crippen LogP contribution in [0, 0.1) is 0 Å². The van der Waals surface area contributed by atoms with Crippen LogP contribution in [0.1, 0.15) is 46.7 Å². The van der Waals surface area contributed by atoms with Gasteiger partial charge in [-0.25, -0.2) is 0 Å². The van der Waals surface area contributed by atoms with Gasteiger partial charge in [-0.15, -0.1) is 0 Å². The topological polar surface area (TPSA) is 88.2 Å². The number of carbonyl (C=O) groups excluding carboxylic acids is 3. The van der Waals surface area contributed by atoms with E-state index in [0.717, 1.165) is 10.5 Å². The molecule has 5 rings (SSSR count). The molecule has 1 N–H and O–H groups in total. The molecule has 0 aromatic heterocycles. The van der Waals surface area contributed by atoms with Gasteiger partial charge in [0.2, 0.25) is 11.8 Å². The van der Waals surface area contributed by atoms with E-state index in [2.05, 4.69) is 11.9 Å². The average molecular weight is 467 g/mol. The van der Waals surface area contributed by atoms with Crippen LogP contribution in [0.3, 0.4) is 0 Å². The zero-order valence-electron chi connectivity index (χ0n) is 23.5. The summed E-state index contributed by atoms with van der Waals surface area (Å²) in [6.45, 7) is 2.55. The Labute approximate surface area is 205 Å². The second-order valence-corrected chi connectivity index (χ2v) is 8.36. The van der Waals surface area contributed by atoms with Crippen LogP contribution in [0.4, 0.5) is 0 Å². The summed E-state index contributed by atoms with van der Waals surface area (Å²) in [6, 6.07) is 4.40. The molecule has 3 aliphatic heterocycles. The lowest BCUT2D eigenvalue weighted by molar-refractivity contribution is -0.143. The van der Waals surface area contributed by atoms with Gasteiger partial charge in [-0.2, -0.15) is 0 Å². The van der Waals surface area contributed by atoms with Gasteiger partial charge in [0.1, 0.15) is 25.0 Å². The molecule has 8 nitrogen and oxygen atoms in total. The molecule has 34 heavy (non-hydrogen) atoms. The van der Waals surface area contributed by atoms with E-state index in [1.165, 1.54) is 0 Å². The van der Waals surface area contributed by atoms with E-state index in [4.69, 9.17) is 16.3 Å². The summed E-state index contributed by atoms with van der Waals surface area (Å²) in [6.07, 6.45) is 0.504. The highest BCUT2D eigenvalue weighted by Gasteiger charge is 2.39. The normalized spacial score (nSPS) is 24.0. The van der Waals surface area contributed by atoms with Gasteiger partial charge in [0.15, 0.2) is 0 Å². The van der Waals surface area contributed by atoms with Crippen molar-refractivity contribution in [3.05, 3.63) is 76.9 Å². The predicted octanol–water partition coefficient (Wildman–Crippen LogP) is 2.37. The molecule has 0 bridgehead atoms. The number of morpholine rings is 1. The van der Waals surface area contributed by atoms with Crippen molar-refractivity contribution < 1.29 is 30.7 Å². The lowest BCUT2D eigenvalue weighted by Crippen LogP contribution is -2.49. The number of hydrogen-bond acceptors (Lipinski definition) is 5. The third-order valence-electron chi connectivity index (χ3n) is 6.00. The SMILES string of the molecule is [2H]c1c([2H])c(OCc2ccc(CN3CCOCC3=O)cc2)c2c(c1[2H])C(=O)N(C1CCC(=C)NC1=O)C2([2H])[2H]. The van der Waals surface area contributed by atoms with Crippen molar-refractivity contribution >= 4 is 17.7 Å². The number of allylic oxidation sites excluding steroid dienone is 1. The molecule has 1 atom stereocenters. The first kappa shape index (κ1) is 16.9. The fraction of sp³-hybridized carbons (Fsp3) is 0.346. The Morgan fingerprint density at radius 2 is 2.00 bits per heavy atom. The third kappa shape index (κ3) is 4.41. The van der Waals surface area contributed by atoms with Gasteiger partial charge < -0.3 is 24.6 Å². The smallest absolute Gasteiger partial charge is 0.255 e. The van der Waals surface area contributed by atoms with Crippen LogP contribution in [0.2, 0.25) is 0 Å². The van der Waals surface area contributed by atoms with Gasteiger partial charge in [0.05, 0.1) is 20.0 Å². The molecule has 1 unspecified atom stereocenters. The number of hydrogen-bond donors (Lipinski definition) is 1. The van der Waals surface area contributed by atoms with Crippen molar-refractivity contribution in [2.24, 2.45) is 0 Å². The number of amides is 3. The van der Waals surface area contributed by atoms with Crippen molar-refractivity contribution in [2.75, 3.05) is 19.8 Å². The number of fused-ring (bicyclic) bond motifs is 1. The quantitative estimate of drug-likeness (QED) is 0.706. The number of piperidine rings is 1. The van der Waals surface area contributed by atoms with Gasteiger partial charge in [0.25, 0.3) is 5.91 Å². The summed E-state index contributed by atoms with van der Waals surface area (Å²) >= 11 is 0. The maximum Gasteiger partial charge on any atom is 0.255 e. The second-order valence-electron chi connectivity index (χ2n) is 8.36. The molecule has 3 aliphatic rings. The molecular formula is C26H27N3O5. The van der Waals surface area contributed by atoms with E-state index in [0.29, 0.717) is 37.4 Å². The number of nitrogens with zero attached hydrogens (tertiary/aromatic N) is 2. The molecule has 0 spiro atoms. The Kier molecular flexibility index (Phi) is 4.62. The van der Waals surface area contributed by atoms with Gasteiger partial charge in [-0.3, -0.25) is 14.4 Å². The highest BCUT2D eigenvalue weighted by Crippen LogP contribution is 2.34. The summed E-state index contributed by atoms with van der Waals surface area (Å²) in [7, 11) is 0. The monoisotopic (exact) mass is 466 g/mol. The highest BCUT2D eigenvalue weighted by atomic mass is 16.5. The van der Waals surface area contributed by atoms with E-state index in [1.807, 2.05) is 12.1 Å². The number of benzene rings is 2. The molecule has 2 saturated heterocycles. The zero-order chi connectivity index (χ0) is 28.1. The molecule has 8 heteroatoms. The highest BCUT2D eigenvalue weighted by molar-refractivity contribution is 6.02. The minimum atomic E-state index is -2.56. The van der Waals surface area contributed by atoms with Crippen molar-refractivity contribution in [1.29, 1.82) is 0 Å². The van der Waals surface area contributed by atoms with Crippen LogP contribution in [0.15, 0.2) is 54.7 Å². The largest absolute Gasteiger partial charge is 0.489 e. The standard InChI is InChI=1S/C26H27N3O5/c1-17-5-10-22(25(31)27-17)29-14-21-20(26(29)32)3-2-4-23(21)34-15-19-8-6-18(7-9-19)13-28-11-12-33-16-24(28)30/h2-4,6-9,22H,1,5,10-16H2,(H,27,31)/i2D,3D,4D,14D2. The lowest BCUT2D eigenvalue weighted by Gasteiger charge is -2.31. The first-order valence-corrected chi connectivity index (χ1v) is 11.0. The zero-order valence-corrected chi connectivity index (χ0v) is 18.5. The van der Waals surface area contributed by atoms with Crippen LogP contribution in [-0.2, 0) is 34.0 Å². The van der Waals surface area contributed by atoms with Crippen molar-refractivity contribution in [1.82, 2.24) is 15.1 Å². The van der Waals surface area contributed by atoms with Crippen LogP contribution < -0.4 is 10.1 Å². The van der Waals surface area contributed by atoms with Crippen LogP contribution in [-0.4, -0.2) is 53.3 Å². The van der Waals surface area contributed by atoms with Crippen LogP contribution >= 0.6 is 0 Å². The molecule has 3 heterocycles. The van der Waals surface area contributed by atoms with Crippen LogP contribution in [0.25, 0.3) is 0 Å². The predicted molar refractivity (Wildman–Crippen MR) is 124 cm³/mol. The Bertz CT molecular complexity index is 1380.